The third kappa shape index (κ3) is 10.0. The van der Waals surface area contributed by atoms with E-state index in [0.717, 1.165) is 32.9 Å². The van der Waals surface area contributed by atoms with Gasteiger partial charge in [-0.3, -0.25) is 0 Å². The first-order chi connectivity index (χ1) is 31.3. The fourth-order valence-electron chi connectivity index (χ4n) is 7.72. The van der Waals surface area contributed by atoms with E-state index in [1.54, 1.807) is 0 Å². The number of hydrogen-bond acceptors (Lipinski definition) is 0. The second-order valence-corrected chi connectivity index (χ2v) is 21.2. The molecular formula is C60H45P3. The van der Waals surface area contributed by atoms with Crippen LogP contribution in [0.4, 0.5) is 0 Å². The molecule has 0 radical (unpaired) electrons. The van der Waals surface area contributed by atoms with Crippen LogP contribution in [0.15, 0.2) is 290 Å². The monoisotopic (exact) mass is 858 g/mol. The SMILES string of the molecule is C(=C(C(=C=C(c1ccccc1)P(c1ccccc1)c1ccccc1)P(c1ccccc1)c1ccccc1)c1ccccc1)=C(c1ccccc1)P(c1ccccc1)c1ccccc1. The average Bonchev–Trinajstić information content (AvgIpc) is 3.37. The molecule has 3 heteroatoms. The molecule has 0 spiro atoms. The lowest BCUT2D eigenvalue weighted by Gasteiger charge is -2.26. The summed E-state index contributed by atoms with van der Waals surface area (Å²) in [5.41, 5.74) is 13.2. The highest BCUT2D eigenvalue weighted by Crippen LogP contribution is 2.55. The smallest absolute Gasteiger partial charge is 0.0427 e. The number of benzene rings is 9. The number of rotatable bonds is 13. The summed E-state index contributed by atoms with van der Waals surface area (Å²) in [7, 11) is -3.34. The van der Waals surface area contributed by atoms with Crippen molar-refractivity contribution < 1.29 is 0 Å². The first-order valence-electron chi connectivity index (χ1n) is 21.2. The molecule has 0 unspecified atom stereocenters. The van der Waals surface area contributed by atoms with Crippen LogP contribution in [0.5, 0.6) is 0 Å². The van der Waals surface area contributed by atoms with Gasteiger partial charge in [0.05, 0.1) is 0 Å². The molecule has 63 heavy (non-hydrogen) atoms. The molecule has 9 aromatic rings. The number of allylic oxidation sites excluding steroid dienone is 2. The molecule has 0 saturated carbocycles. The lowest BCUT2D eigenvalue weighted by atomic mass is 10.1. The molecular weight excluding hydrogens is 814 g/mol. The Hall–Kier alpha value is -6.69. The van der Waals surface area contributed by atoms with Crippen LogP contribution >= 0.6 is 23.8 Å². The molecule has 300 valence electrons. The van der Waals surface area contributed by atoms with Gasteiger partial charge in [-0.05, 0) is 72.3 Å². The van der Waals surface area contributed by atoms with Crippen molar-refractivity contribution in [3.8, 4) is 0 Å². The van der Waals surface area contributed by atoms with Gasteiger partial charge in [0, 0.05) is 21.5 Å². The van der Waals surface area contributed by atoms with Crippen molar-refractivity contribution in [3.05, 3.63) is 306 Å². The van der Waals surface area contributed by atoms with Gasteiger partial charge in [-0.2, -0.15) is 0 Å². The van der Waals surface area contributed by atoms with Crippen LogP contribution in [0.25, 0.3) is 16.2 Å². The summed E-state index contributed by atoms with van der Waals surface area (Å²) in [6.45, 7) is 0. The van der Waals surface area contributed by atoms with Crippen LogP contribution < -0.4 is 31.8 Å². The van der Waals surface area contributed by atoms with E-state index >= 15 is 0 Å². The zero-order chi connectivity index (χ0) is 42.5. The van der Waals surface area contributed by atoms with E-state index in [4.69, 9.17) is 0 Å². The predicted molar refractivity (Wildman–Crippen MR) is 277 cm³/mol. The molecule has 0 aliphatic carbocycles. The van der Waals surface area contributed by atoms with Gasteiger partial charge >= 0.3 is 0 Å². The van der Waals surface area contributed by atoms with Crippen molar-refractivity contribution in [1.29, 1.82) is 0 Å². The summed E-state index contributed by atoms with van der Waals surface area (Å²) in [4.78, 5) is 0. The Morgan fingerprint density at radius 2 is 0.444 bits per heavy atom. The molecule has 9 aromatic carbocycles. The molecule has 0 saturated heterocycles. The molecule has 0 atom stereocenters. The maximum absolute atomic E-state index is 4.42. The zero-order valence-electron chi connectivity index (χ0n) is 34.8. The Labute approximate surface area is 376 Å². The van der Waals surface area contributed by atoms with Crippen LogP contribution in [-0.2, 0) is 0 Å². The van der Waals surface area contributed by atoms with Crippen molar-refractivity contribution in [2.75, 3.05) is 0 Å². The highest BCUT2D eigenvalue weighted by molar-refractivity contribution is 7.83. The van der Waals surface area contributed by atoms with Gasteiger partial charge in [0.1, 0.15) is 0 Å². The minimum atomic E-state index is -1.20. The van der Waals surface area contributed by atoms with Gasteiger partial charge < -0.3 is 0 Å². The summed E-state index contributed by atoms with van der Waals surface area (Å²) in [6, 6.07) is 99.0. The van der Waals surface area contributed by atoms with E-state index in [0.29, 0.717) is 0 Å². The van der Waals surface area contributed by atoms with Crippen molar-refractivity contribution >= 4 is 71.8 Å². The summed E-state index contributed by atoms with van der Waals surface area (Å²) >= 11 is 0. The van der Waals surface area contributed by atoms with E-state index in [-0.39, 0.29) is 0 Å². The quantitative estimate of drug-likeness (QED) is 0.0616. The summed E-state index contributed by atoms with van der Waals surface area (Å²) in [6.07, 6.45) is 0. The molecule has 0 N–H and O–H groups in total. The third-order valence-electron chi connectivity index (χ3n) is 10.6. The Morgan fingerprint density at radius 3 is 0.730 bits per heavy atom. The van der Waals surface area contributed by atoms with E-state index in [9.17, 15) is 0 Å². The first-order valence-corrected chi connectivity index (χ1v) is 25.2. The lowest BCUT2D eigenvalue weighted by molar-refractivity contribution is 1.61. The molecule has 0 heterocycles. The first kappa shape index (κ1) is 41.7. The van der Waals surface area contributed by atoms with Crippen LogP contribution in [0, 0.1) is 0 Å². The fourth-order valence-corrected chi connectivity index (χ4v) is 15.0. The minimum absolute atomic E-state index is 1.04. The van der Waals surface area contributed by atoms with Crippen molar-refractivity contribution in [2.24, 2.45) is 0 Å². The van der Waals surface area contributed by atoms with Gasteiger partial charge in [-0.15, -0.1) is 11.5 Å². The van der Waals surface area contributed by atoms with E-state index in [1.807, 2.05) is 0 Å². The lowest BCUT2D eigenvalue weighted by Crippen LogP contribution is -2.15. The largest absolute Gasteiger partial charge is 0.101 e. The van der Waals surface area contributed by atoms with Gasteiger partial charge in [-0.25, -0.2) is 0 Å². The van der Waals surface area contributed by atoms with E-state index in [2.05, 4.69) is 284 Å². The third-order valence-corrected chi connectivity index (χ3v) is 17.9. The Balaban J connectivity index is 1.53. The maximum atomic E-state index is 4.42. The highest BCUT2D eigenvalue weighted by atomic mass is 31.1. The van der Waals surface area contributed by atoms with Crippen molar-refractivity contribution in [2.45, 2.75) is 0 Å². The van der Waals surface area contributed by atoms with Gasteiger partial charge in [0.15, 0.2) is 0 Å². The Morgan fingerprint density at radius 1 is 0.222 bits per heavy atom. The topological polar surface area (TPSA) is 0 Å². The van der Waals surface area contributed by atoms with E-state index < -0.39 is 23.8 Å². The fraction of sp³-hybridized carbons (Fsp3) is 0. The standard InChI is InChI=1S/C60H45P3/c1-10-28-48(29-11-1)57(46-58(49-30-12-2-13-31-49)61(51-34-16-4-17-35-51)52-36-18-5-19-37-52)60(63(55-42-24-8-25-43-55)56-44-26-9-27-45-56)47-59(50-32-14-3-15-33-50)62(53-38-20-6-21-39-53)54-40-22-7-23-41-54/h1-45H. The Bertz CT molecular complexity index is 2840. The molecule has 0 bridgehead atoms. The predicted octanol–water partition coefficient (Wildman–Crippen LogP) is 13.6. The van der Waals surface area contributed by atoms with Gasteiger partial charge in [-0.1, -0.05) is 273 Å². The molecule has 0 aliphatic rings. The number of hydrogen-bond donors (Lipinski definition) is 0. The van der Waals surface area contributed by atoms with Gasteiger partial charge in [0.25, 0.3) is 0 Å². The molecule has 0 aliphatic heterocycles. The summed E-state index contributed by atoms with van der Waals surface area (Å²) in [5, 5.41) is 11.0. The molecule has 0 fully saturated rings. The second kappa shape index (κ2) is 20.9. The summed E-state index contributed by atoms with van der Waals surface area (Å²) in [5.74, 6) is 0. The second-order valence-electron chi connectivity index (χ2n) is 14.8. The minimum Gasteiger partial charge on any atom is -0.101 e. The van der Waals surface area contributed by atoms with Crippen LogP contribution in [0.3, 0.4) is 0 Å². The zero-order valence-corrected chi connectivity index (χ0v) is 37.5. The maximum Gasteiger partial charge on any atom is 0.0427 e. The van der Waals surface area contributed by atoms with Crippen LogP contribution in [0.2, 0.25) is 0 Å². The molecule has 9 rings (SSSR count). The van der Waals surface area contributed by atoms with Crippen molar-refractivity contribution in [1.82, 2.24) is 0 Å². The molecule has 0 aromatic heterocycles. The van der Waals surface area contributed by atoms with Crippen molar-refractivity contribution in [3.63, 3.8) is 0 Å². The van der Waals surface area contributed by atoms with Crippen LogP contribution in [0.1, 0.15) is 16.7 Å². The average molecular weight is 859 g/mol. The van der Waals surface area contributed by atoms with Crippen LogP contribution in [-0.4, -0.2) is 0 Å². The Kier molecular flexibility index (Phi) is 13.8. The molecule has 0 nitrogen and oxygen atoms in total. The molecule has 0 amide bonds. The van der Waals surface area contributed by atoms with E-state index in [1.165, 1.54) is 37.1 Å². The highest BCUT2D eigenvalue weighted by Gasteiger charge is 2.28. The van der Waals surface area contributed by atoms with Gasteiger partial charge in [0.2, 0.25) is 0 Å². The normalized spacial score (nSPS) is 10.8. The summed E-state index contributed by atoms with van der Waals surface area (Å²) < 4.78 is 0.